The minimum absolute atomic E-state index is 0.263. The lowest BCUT2D eigenvalue weighted by Gasteiger charge is -2.18. The molecule has 0 amide bonds. The minimum atomic E-state index is -3.48. The molecule has 1 aromatic carbocycles. The highest BCUT2D eigenvalue weighted by Gasteiger charge is 2.20. The normalized spacial score (nSPS) is 13.7. The molecule has 1 N–H and O–H groups in total. The van der Waals surface area contributed by atoms with Crippen LogP contribution in [0.1, 0.15) is 18.9 Å². The van der Waals surface area contributed by atoms with E-state index >= 15 is 0 Å². The highest BCUT2D eigenvalue weighted by atomic mass is 35.5. The van der Waals surface area contributed by atoms with Gasteiger partial charge in [0.05, 0.1) is 11.0 Å². The van der Waals surface area contributed by atoms with Gasteiger partial charge in [0.15, 0.2) is 0 Å². The van der Waals surface area contributed by atoms with E-state index in [1.54, 1.807) is 31.2 Å². The molecule has 1 atom stereocenters. The van der Waals surface area contributed by atoms with Gasteiger partial charge in [-0.25, -0.2) is 12.7 Å². The Morgan fingerprint density at radius 1 is 1.32 bits per heavy atom. The fraction of sp³-hybridized carbons (Fsp3) is 0.538. The van der Waals surface area contributed by atoms with E-state index in [-0.39, 0.29) is 4.90 Å². The first kappa shape index (κ1) is 16.4. The third kappa shape index (κ3) is 4.76. The van der Waals surface area contributed by atoms with Crippen LogP contribution in [0.25, 0.3) is 0 Å². The average molecular weight is 306 g/mol. The first-order valence-electron chi connectivity index (χ1n) is 6.17. The monoisotopic (exact) mass is 305 g/mol. The maximum Gasteiger partial charge on any atom is 0.242 e. The first-order valence-corrected chi connectivity index (χ1v) is 8.14. The van der Waals surface area contributed by atoms with Gasteiger partial charge in [0.25, 0.3) is 0 Å². The molecule has 0 bridgehead atoms. The third-order valence-electron chi connectivity index (χ3n) is 2.88. The van der Waals surface area contributed by atoms with E-state index in [1.807, 2.05) is 0 Å². The highest BCUT2D eigenvalue weighted by Crippen LogP contribution is 2.16. The van der Waals surface area contributed by atoms with Gasteiger partial charge < -0.3 is 5.11 Å². The van der Waals surface area contributed by atoms with Crippen molar-refractivity contribution in [3.63, 3.8) is 0 Å². The lowest BCUT2D eigenvalue weighted by Crippen LogP contribution is -2.29. The molecule has 0 aliphatic rings. The second-order valence-corrected chi connectivity index (χ2v) is 6.97. The van der Waals surface area contributed by atoms with Crippen LogP contribution in [-0.4, -0.2) is 43.4 Å². The Morgan fingerprint density at radius 2 is 1.89 bits per heavy atom. The van der Waals surface area contributed by atoms with Crippen LogP contribution in [0.3, 0.4) is 0 Å². The number of aryl methyl sites for hydroxylation is 1. The molecular formula is C13H20ClNO3S. The maximum absolute atomic E-state index is 12.2. The zero-order chi connectivity index (χ0) is 14.5. The van der Waals surface area contributed by atoms with Crippen molar-refractivity contribution in [2.24, 2.45) is 0 Å². The van der Waals surface area contributed by atoms with E-state index in [4.69, 9.17) is 11.6 Å². The number of benzene rings is 1. The molecule has 0 aliphatic carbocycles. The molecular weight excluding hydrogens is 286 g/mol. The summed E-state index contributed by atoms with van der Waals surface area (Å²) in [7, 11) is -1.96. The number of rotatable bonds is 7. The quantitative estimate of drug-likeness (QED) is 0.782. The molecule has 6 heteroatoms. The van der Waals surface area contributed by atoms with Crippen LogP contribution in [-0.2, 0) is 16.4 Å². The molecule has 0 saturated heterocycles. The van der Waals surface area contributed by atoms with Crippen LogP contribution in [0.4, 0.5) is 0 Å². The van der Waals surface area contributed by atoms with Crippen molar-refractivity contribution >= 4 is 21.6 Å². The number of hydrogen-bond donors (Lipinski definition) is 1. The molecule has 1 rings (SSSR count). The van der Waals surface area contributed by atoms with Gasteiger partial charge in [-0.1, -0.05) is 12.1 Å². The maximum atomic E-state index is 12.2. The summed E-state index contributed by atoms with van der Waals surface area (Å²) in [5.41, 5.74) is 1.01. The minimum Gasteiger partial charge on any atom is -0.393 e. The molecule has 0 radical (unpaired) electrons. The van der Waals surface area contributed by atoms with Crippen LogP contribution in [0, 0.1) is 0 Å². The number of aliphatic hydroxyl groups is 1. The summed E-state index contributed by atoms with van der Waals surface area (Å²) in [6, 6.07) is 6.74. The predicted molar refractivity (Wildman–Crippen MR) is 77.0 cm³/mol. The lowest BCUT2D eigenvalue weighted by atomic mass is 10.2. The Kier molecular flexibility index (Phi) is 6.26. The molecule has 0 saturated carbocycles. The smallest absolute Gasteiger partial charge is 0.242 e. The number of hydrogen-bond acceptors (Lipinski definition) is 3. The molecule has 0 heterocycles. The summed E-state index contributed by atoms with van der Waals surface area (Å²) >= 11 is 5.64. The second-order valence-electron chi connectivity index (χ2n) is 4.55. The van der Waals surface area contributed by atoms with E-state index < -0.39 is 16.1 Å². The predicted octanol–water partition coefficient (Wildman–Crippen LogP) is 1.86. The second kappa shape index (κ2) is 7.24. The Balaban J connectivity index is 2.81. The van der Waals surface area contributed by atoms with Gasteiger partial charge in [0.1, 0.15) is 0 Å². The fourth-order valence-electron chi connectivity index (χ4n) is 1.61. The van der Waals surface area contributed by atoms with E-state index in [0.717, 1.165) is 12.0 Å². The first-order chi connectivity index (χ1) is 8.87. The largest absolute Gasteiger partial charge is 0.393 e. The van der Waals surface area contributed by atoms with Crippen molar-refractivity contribution in [3.8, 4) is 0 Å². The zero-order valence-corrected chi connectivity index (χ0v) is 12.8. The number of halogens is 1. The van der Waals surface area contributed by atoms with Crippen molar-refractivity contribution in [3.05, 3.63) is 29.8 Å². The van der Waals surface area contributed by atoms with E-state index in [0.29, 0.717) is 18.8 Å². The van der Waals surface area contributed by atoms with E-state index in [2.05, 4.69) is 0 Å². The van der Waals surface area contributed by atoms with Crippen molar-refractivity contribution in [1.82, 2.24) is 4.31 Å². The number of sulfonamides is 1. The number of nitrogens with zero attached hydrogens (tertiary/aromatic N) is 1. The van der Waals surface area contributed by atoms with Gasteiger partial charge in [-0.3, -0.25) is 0 Å². The molecule has 0 aromatic heterocycles. The molecule has 0 spiro atoms. The van der Waals surface area contributed by atoms with Crippen LogP contribution in [0.15, 0.2) is 29.2 Å². The molecule has 108 valence electrons. The molecule has 1 unspecified atom stereocenters. The number of aliphatic hydroxyl groups excluding tert-OH is 1. The molecule has 0 fully saturated rings. The molecule has 19 heavy (non-hydrogen) atoms. The van der Waals surface area contributed by atoms with Crippen LogP contribution >= 0.6 is 11.6 Å². The zero-order valence-electron chi connectivity index (χ0n) is 11.2. The van der Waals surface area contributed by atoms with Crippen molar-refractivity contribution in [2.45, 2.75) is 30.8 Å². The van der Waals surface area contributed by atoms with Crippen LogP contribution < -0.4 is 0 Å². The Morgan fingerprint density at radius 3 is 2.37 bits per heavy atom. The lowest BCUT2D eigenvalue weighted by molar-refractivity contribution is 0.177. The van der Waals surface area contributed by atoms with Gasteiger partial charge >= 0.3 is 0 Å². The topological polar surface area (TPSA) is 57.6 Å². The molecule has 1 aromatic rings. The molecule has 4 nitrogen and oxygen atoms in total. The van der Waals surface area contributed by atoms with Crippen LogP contribution in [0.5, 0.6) is 0 Å². The van der Waals surface area contributed by atoms with Gasteiger partial charge in [-0.2, -0.15) is 0 Å². The SMILES string of the molecule is CC(O)CCN(C)S(=O)(=O)c1ccc(CCCl)cc1. The summed E-state index contributed by atoms with van der Waals surface area (Å²) < 4.78 is 25.7. The standard InChI is InChI=1S/C13H20ClNO3S/c1-11(16)8-10-15(2)19(17,18)13-5-3-12(4-6-13)7-9-14/h3-6,11,16H,7-10H2,1-2H3. The van der Waals surface area contributed by atoms with Gasteiger partial charge in [-0.15, -0.1) is 11.6 Å². The Labute approximate surface area is 120 Å². The Bertz CT molecular complexity index is 485. The van der Waals surface area contributed by atoms with Crippen molar-refractivity contribution < 1.29 is 13.5 Å². The van der Waals surface area contributed by atoms with Crippen molar-refractivity contribution in [2.75, 3.05) is 19.5 Å². The summed E-state index contributed by atoms with van der Waals surface area (Å²) in [6.07, 6.45) is 0.628. The molecule has 0 aliphatic heterocycles. The summed E-state index contributed by atoms with van der Waals surface area (Å²) in [4.78, 5) is 0.263. The highest BCUT2D eigenvalue weighted by molar-refractivity contribution is 7.89. The van der Waals surface area contributed by atoms with Gasteiger partial charge in [-0.05, 0) is 37.5 Å². The summed E-state index contributed by atoms with van der Waals surface area (Å²) in [5, 5.41) is 9.20. The van der Waals surface area contributed by atoms with E-state index in [9.17, 15) is 13.5 Å². The number of alkyl halides is 1. The Hall–Kier alpha value is -0.620. The van der Waals surface area contributed by atoms with Crippen LogP contribution in [0.2, 0.25) is 0 Å². The summed E-state index contributed by atoms with van der Waals surface area (Å²) in [6.45, 7) is 1.94. The van der Waals surface area contributed by atoms with Gasteiger partial charge in [0, 0.05) is 19.5 Å². The van der Waals surface area contributed by atoms with Crippen molar-refractivity contribution in [1.29, 1.82) is 0 Å². The summed E-state index contributed by atoms with van der Waals surface area (Å²) in [5.74, 6) is 0.514. The fourth-order valence-corrected chi connectivity index (χ4v) is 3.01. The average Bonchev–Trinajstić information content (AvgIpc) is 2.36. The third-order valence-corrected chi connectivity index (χ3v) is 4.94. The van der Waals surface area contributed by atoms with Gasteiger partial charge in [0.2, 0.25) is 10.0 Å². The van der Waals surface area contributed by atoms with E-state index in [1.165, 1.54) is 11.4 Å².